The minimum absolute atomic E-state index is 0.0436. The monoisotopic (exact) mass is 240 g/mol. The fourth-order valence-corrected chi connectivity index (χ4v) is 3.01. The molecule has 0 aromatic rings. The van der Waals surface area contributed by atoms with Gasteiger partial charge in [0.2, 0.25) is 5.91 Å². The van der Waals surface area contributed by atoms with E-state index < -0.39 is 0 Å². The number of hydrogen-bond acceptors (Lipinski definition) is 3. The van der Waals surface area contributed by atoms with Gasteiger partial charge in [0, 0.05) is 18.5 Å². The minimum Gasteiger partial charge on any atom is -0.396 e. The molecule has 4 heteroatoms. The van der Waals surface area contributed by atoms with Crippen LogP contribution in [0.15, 0.2) is 0 Å². The first-order valence-corrected chi connectivity index (χ1v) is 6.70. The SMILES string of the molecule is CC1(C(=O)NCC2(CO)CCCC2)CCNC1. The van der Waals surface area contributed by atoms with E-state index in [1.165, 1.54) is 12.8 Å². The van der Waals surface area contributed by atoms with Gasteiger partial charge in [0.15, 0.2) is 0 Å². The van der Waals surface area contributed by atoms with Crippen LogP contribution in [0.5, 0.6) is 0 Å². The third-order valence-electron chi connectivity index (χ3n) is 4.54. The summed E-state index contributed by atoms with van der Waals surface area (Å²) in [6.07, 6.45) is 5.34. The Morgan fingerprint density at radius 3 is 2.59 bits per heavy atom. The van der Waals surface area contributed by atoms with E-state index in [4.69, 9.17) is 0 Å². The van der Waals surface area contributed by atoms with Crippen LogP contribution >= 0.6 is 0 Å². The first-order valence-electron chi connectivity index (χ1n) is 6.70. The van der Waals surface area contributed by atoms with Gasteiger partial charge in [-0.05, 0) is 32.7 Å². The Hall–Kier alpha value is -0.610. The first kappa shape index (κ1) is 12.8. The molecule has 1 heterocycles. The standard InChI is InChI=1S/C13H24N2O2/c1-12(6-7-14-8-12)11(17)15-9-13(10-16)4-2-3-5-13/h14,16H,2-10H2,1H3,(H,15,17). The summed E-state index contributed by atoms with van der Waals surface area (Å²) < 4.78 is 0. The Morgan fingerprint density at radius 2 is 2.06 bits per heavy atom. The zero-order valence-corrected chi connectivity index (χ0v) is 10.7. The molecule has 0 bridgehead atoms. The molecule has 0 spiro atoms. The van der Waals surface area contributed by atoms with E-state index in [1.54, 1.807) is 0 Å². The van der Waals surface area contributed by atoms with Crippen LogP contribution in [0.25, 0.3) is 0 Å². The summed E-state index contributed by atoms with van der Waals surface area (Å²) in [5, 5.41) is 15.8. The molecule has 1 unspecified atom stereocenters. The molecule has 0 aromatic heterocycles. The maximum absolute atomic E-state index is 12.1. The zero-order valence-electron chi connectivity index (χ0n) is 10.7. The van der Waals surface area contributed by atoms with Crippen LogP contribution in [-0.2, 0) is 4.79 Å². The number of carbonyl (C=O) groups is 1. The lowest BCUT2D eigenvalue weighted by atomic mass is 9.85. The van der Waals surface area contributed by atoms with Crippen LogP contribution in [-0.4, -0.2) is 37.3 Å². The molecule has 1 amide bonds. The Balaban J connectivity index is 1.87. The lowest BCUT2D eigenvalue weighted by Gasteiger charge is -2.29. The molecule has 2 rings (SSSR count). The molecule has 2 aliphatic rings. The number of aliphatic hydroxyl groups excluding tert-OH is 1. The van der Waals surface area contributed by atoms with E-state index in [0.717, 1.165) is 32.4 Å². The van der Waals surface area contributed by atoms with Crippen LogP contribution in [0.4, 0.5) is 0 Å². The van der Waals surface area contributed by atoms with Crippen molar-refractivity contribution in [2.24, 2.45) is 10.8 Å². The van der Waals surface area contributed by atoms with Gasteiger partial charge in [-0.2, -0.15) is 0 Å². The molecule has 3 N–H and O–H groups in total. The van der Waals surface area contributed by atoms with E-state index in [2.05, 4.69) is 10.6 Å². The predicted octanol–water partition coefficient (Wildman–Crippen LogP) is 0.655. The zero-order chi connectivity index (χ0) is 12.4. The number of carbonyl (C=O) groups excluding carboxylic acids is 1. The van der Waals surface area contributed by atoms with Crippen LogP contribution in [0.3, 0.4) is 0 Å². The summed E-state index contributed by atoms with van der Waals surface area (Å²) in [4.78, 5) is 12.1. The topological polar surface area (TPSA) is 61.4 Å². The van der Waals surface area contributed by atoms with Crippen LogP contribution in [0.1, 0.15) is 39.0 Å². The molecule has 1 saturated heterocycles. The van der Waals surface area contributed by atoms with Crippen molar-refractivity contribution in [3.8, 4) is 0 Å². The van der Waals surface area contributed by atoms with Crippen LogP contribution in [0, 0.1) is 10.8 Å². The van der Waals surface area contributed by atoms with Crippen molar-refractivity contribution in [2.75, 3.05) is 26.2 Å². The molecular formula is C13H24N2O2. The highest BCUT2D eigenvalue weighted by molar-refractivity contribution is 5.82. The summed E-state index contributed by atoms with van der Waals surface area (Å²) >= 11 is 0. The molecule has 4 nitrogen and oxygen atoms in total. The highest BCUT2D eigenvalue weighted by atomic mass is 16.3. The highest BCUT2D eigenvalue weighted by Crippen LogP contribution is 2.37. The van der Waals surface area contributed by atoms with Crippen molar-refractivity contribution in [3.05, 3.63) is 0 Å². The van der Waals surface area contributed by atoms with Gasteiger partial charge in [-0.25, -0.2) is 0 Å². The molecular weight excluding hydrogens is 216 g/mol. The van der Waals surface area contributed by atoms with Crippen molar-refractivity contribution in [1.82, 2.24) is 10.6 Å². The number of amides is 1. The van der Waals surface area contributed by atoms with Crippen molar-refractivity contribution in [1.29, 1.82) is 0 Å². The summed E-state index contributed by atoms with van der Waals surface area (Å²) in [5.74, 6) is 0.141. The highest BCUT2D eigenvalue weighted by Gasteiger charge is 2.39. The van der Waals surface area contributed by atoms with Gasteiger partial charge in [-0.3, -0.25) is 4.79 Å². The Bertz CT molecular complexity index is 279. The quantitative estimate of drug-likeness (QED) is 0.676. The average molecular weight is 240 g/mol. The van der Waals surface area contributed by atoms with Gasteiger partial charge in [0.05, 0.1) is 12.0 Å². The molecule has 0 aromatic carbocycles. The lowest BCUT2D eigenvalue weighted by Crippen LogP contribution is -2.45. The Morgan fingerprint density at radius 1 is 1.35 bits per heavy atom. The van der Waals surface area contributed by atoms with Gasteiger partial charge in [0.1, 0.15) is 0 Å². The van der Waals surface area contributed by atoms with Crippen molar-refractivity contribution >= 4 is 5.91 Å². The summed E-state index contributed by atoms with van der Waals surface area (Å²) in [6.45, 7) is 4.54. The summed E-state index contributed by atoms with van der Waals surface area (Å²) in [7, 11) is 0. The first-order chi connectivity index (χ1) is 8.10. The molecule has 1 aliphatic heterocycles. The van der Waals surface area contributed by atoms with E-state index >= 15 is 0 Å². The Labute approximate surface area is 103 Å². The predicted molar refractivity (Wildman–Crippen MR) is 66.6 cm³/mol. The third kappa shape index (κ3) is 2.63. The molecule has 98 valence electrons. The fraction of sp³-hybridized carbons (Fsp3) is 0.923. The van der Waals surface area contributed by atoms with Crippen molar-refractivity contribution < 1.29 is 9.90 Å². The number of hydrogen-bond donors (Lipinski definition) is 3. The Kier molecular flexibility index (Phi) is 3.73. The van der Waals surface area contributed by atoms with Gasteiger partial charge in [-0.15, -0.1) is 0 Å². The smallest absolute Gasteiger partial charge is 0.227 e. The largest absolute Gasteiger partial charge is 0.396 e. The van der Waals surface area contributed by atoms with Crippen molar-refractivity contribution in [3.63, 3.8) is 0 Å². The summed E-state index contributed by atoms with van der Waals surface area (Å²) in [6, 6.07) is 0. The molecule has 0 radical (unpaired) electrons. The normalized spacial score (nSPS) is 31.6. The number of aliphatic hydroxyl groups is 1. The average Bonchev–Trinajstić information content (AvgIpc) is 2.96. The van der Waals surface area contributed by atoms with Crippen LogP contribution in [0.2, 0.25) is 0 Å². The second-order valence-corrected chi connectivity index (χ2v) is 6.04. The third-order valence-corrected chi connectivity index (χ3v) is 4.54. The molecule has 1 aliphatic carbocycles. The fourth-order valence-electron chi connectivity index (χ4n) is 3.01. The maximum Gasteiger partial charge on any atom is 0.227 e. The van der Waals surface area contributed by atoms with E-state index in [0.29, 0.717) is 6.54 Å². The summed E-state index contributed by atoms with van der Waals surface area (Å²) in [5.41, 5.74) is -0.298. The number of nitrogens with one attached hydrogen (secondary N) is 2. The van der Waals surface area contributed by atoms with Gasteiger partial charge in [0.25, 0.3) is 0 Å². The second-order valence-electron chi connectivity index (χ2n) is 6.04. The lowest BCUT2D eigenvalue weighted by molar-refractivity contribution is -0.129. The van der Waals surface area contributed by atoms with E-state index in [-0.39, 0.29) is 23.3 Å². The van der Waals surface area contributed by atoms with Gasteiger partial charge >= 0.3 is 0 Å². The van der Waals surface area contributed by atoms with Gasteiger partial charge in [-0.1, -0.05) is 12.8 Å². The second kappa shape index (κ2) is 4.94. The van der Waals surface area contributed by atoms with E-state index in [1.807, 2.05) is 6.92 Å². The molecule has 2 fully saturated rings. The van der Waals surface area contributed by atoms with Crippen molar-refractivity contribution in [2.45, 2.75) is 39.0 Å². The van der Waals surface area contributed by atoms with E-state index in [9.17, 15) is 9.90 Å². The molecule has 1 saturated carbocycles. The maximum atomic E-state index is 12.1. The molecule has 1 atom stereocenters. The van der Waals surface area contributed by atoms with Gasteiger partial charge < -0.3 is 15.7 Å². The van der Waals surface area contributed by atoms with Crippen LogP contribution < -0.4 is 10.6 Å². The molecule has 17 heavy (non-hydrogen) atoms. The number of rotatable bonds is 4. The minimum atomic E-state index is -0.255.